The molecule has 1 aliphatic heterocycles. The number of amides is 1. The molecule has 0 radical (unpaired) electrons. The number of nitrogens with zero attached hydrogens (tertiary/aromatic N) is 1. The number of hydrogen-bond donors (Lipinski definition) is 1. The van der Waals surface area contributed by atoms with Crippen LogP contribution in [0.1, 0.15) is 12.5 Å². The number of ether oxygens (including phenoxy) is 1. The van der Waals surface area contributed by atoms with Gasteiger partial charge in [0.1, 0.15) is 0 Å². The van der Waals surface area contributed by atoms with Crippen molar-refractivity contribution in [1.82, 2.24) is 0 Å². The molecular weight excluding hydrogens is 326 g/mol. The fourth-order valence-electron chi connectivity index (χ4n) is 2.22. The van der Waals surface area contributed by atoms with E-state index in [1.807, 2.05) is 0 Å². The molecular formula is C14H14BrNO4. The minimum Gasteiger partial charge on any atom is -0.463 e. The molecule has 106 valence electrons. The molecule has 6 heteroatoms. The first-order valence-electron chi connectivity index (χ1n) is 6.01. The first-order valence-corrected chi connectivity index (χ1v) is 6.80. The van der Waals surface area contributed by atoms with Crippen molar-refractivity contribution in [3.63, 3.8) is 0 Å². The van der Waals surface area contributed by atoms with E-state index in [4.69, 9.17) is 4.74 Å². The van der Waals surface area contributed by atoms with Gasteiger partial charge in [0.2, 0.25) is 5.60 Å². The average molecular weight is 340 g/mol. The number of carbonyl (C=O) groups is 2. The van der Waals surface area contributed by atoms with Crippen LogP contribution in [0.25, 0.3) is 0 Å². The number of aliphatic hydroxyl groups is 1. The number of benzene rings is 1. The van der Waals surface area contributed by atoms with E-state index in [2.05, 4.69) is 22.5 Å². The first kappa shape index (κ1) is 14.7. The van der Waals surface area contributed by atoms with Crippen LogP contribution in [0.4, 0.5) is 5.69 Å². The quantitative estimate of drug-likeness (QED) is 0.672. The van der Waals surface area contributed by atoms with Crippen LogP contribution < -0.4 is 4.90 Å². The SMILES string of the molecule is C=C(C(=O)OCC)C1(O)C(=O)N(C)c2ccc(Br)cc21. The van der Waals surface area contributed by atoms with E-state index in [1.54, 1.807) is 25.1 Å². The number of likely N-dealkylation sites (N-methyl/N-ethyl adjacent to an activating group) is 1. The number of carbonyl (C=O) groups excluding carboxylic acids is 2. The van der Waals surface area contributed by atoms with Gasteiger partial charge in [0.15, 0.2) is 0 Å². The highest BCUT2D eigenvalue weighted by Crippen LogP contribution is 2.44. The summed E-state index contributed by atoms with van der Waals surface area (Å²) in [5, 5.41) is 10.8. The van der Waals surface area contributed by atoms with Gasteiger partial charge < -0.3 is 14.7 Å². The fraction of sp³-hybridized carbons (Fsp3) is 0.286. The maximum absolute atomic E-state index is 12.3. The molecule has 20 heavy (non-hydrogen) atoms. The molecule has 1 aliphatic rings. The summed E-state index contributed by atoms with van der Waals surface area (Å²) in [6.07, 6.45) is 0. The van der Waals surface area contributed by atoms with Crippen LogP contribution in [-0.2, 0) is 19.9 Å². The van der Waals surface area contributed by atoms with E-state index in [0.29, 0.717) is 15.7 Å². The number of anilines is 1. The van der Waals surface area contributed by atoms with Crippen molar-refractivity contribution in [3.8, 4) is 0 Å². The van der Waals surface area contributed by atoms with E-state index in [-0.39, 0.29) is 12.2 Å². The second-order valence-corrected chi connectivity index (χ2v) is 5.35. The van der Waals surface area contributed by atoms with Crippen LogP contribution in [0.5, 0.6) is 0 Å². The van der Waals surface area contributed by atoms with Crippen molar-refractivity contribution in [1.29, 1.82) is 0 Å². The van der Waals surface area contributed by atoms with Gasteiger partial charge in [-0.2, -0.15) is 0 Å². The number of rotatable bonds is 3. The lowest BCUT2D eigenvalue weighted by Gasteiger charge is -2.23. The van der Waals surface area contributed by atoms with Crippen LogP contribution >= 0.6 is 15.9 Å². The Morgan fingerprint density at radius 3 is 2.80 bits per heavy atom. The van der Waals surface area contributed by atoms with Gasteiger partial charge in [0.25, 0.3) is 5.91 Å². The Morgan fingerprint density at radius 2 is 2.20 bits per heavy atom. The lowest BCUT2D eigenvalue weighted by atomic mass is 9.88. The van der Waals surface area contributed by atoms with Gasteiger partial charge in [0, 0.05) is 17.1 Å². The number of fused-ring (bicyclic) bond motifs is 1. The Labute approximate surface area is 125 Å². The topological polar surface area (TPSA) is 66.8 Å². The lowest BCUT2D eigenvalue weighted by Crippen LogP contribution is -2.42. The minimum atomic E-state index is -2.08. The molecule has 1 N–H and O–H groups in total. The minimum absolute atomic E-state index is 0.142. The van der Waals surface area contributed by atoms with Crippen molar-refractivity contribution in [2.24, 2.45) is 0 Å². The van der Waals surface area contributed by atoms with E-state index in [9.17, 15) is 14.7 Å². The van der Waals surface area contributed by atoms with Gasteiger partial charge in [-0.1, -0.05) is 22.5 Å². The molecule has 0 fully saturated rings. The highest BCUT2D eigenvalue weighted by atomic mass is 79.9. The Balaban J connectivity index is 2.57. The Hall–Kier alpha value is -1.66. The molecule has 1 aromatic carbocycles. The third kappa shape index (κ3) is 1.96. The summed E-state index contributed by atoms with van der Waals surface area (Å²) in [6, 6.07) is 5.04. The van der Waals surface area contributed by atoms with Crippen LogP contribution in [-0.4, -0.2) is 30.6 Å². The summed E-state index contributed by atoms with van der Waals surface area (Å²) >= 11 is 3.29. The molecule has 1 amide bonds. The molecule has 1 unspecified atom stereocenters. The Bertz CT molecular complexity index is 613. The molecule has 0 spiro atoms. The van der Waals surface area contributed by atoms with E-state index in [1.165, 1.54) is 11.9 Å². The van der Waals surface area contributed by atoms with Gasteiger partial charge in [-0.3, -0.25) is 4.79 Å². The standard InChI is InChI=1S/C14H14BrNO4/c1-4-20-12(17)8(2)14(19)10-7-9(15)5-6-11(10)16(3)13(14)18/h5-7,19H,2,4H2,1,3H3. The van der Waals surface area contributed by atoms with Crippen molar-refractivity contribution < 1.29 is 19.4 Å². The van der Waals surface area contributed by atoms with Gasteiger partial charge in [-0.25, -0.2) is 4.79 Å². The maximum atomic E-state index is 12.3. The molecule has 1 aromatic rings. The summed E-state index contributed by atoms with van der Waals surface area (Å²) in [6.45, 7) is 5.34. The fourth-order valence-corrected chi connectivity index (χ4v) is 2.58. The van der Waals surface area contributed by atoms with Crippen molar-refractivity contribution in [2.45, 2.75) is 12.5 Å². The normalized spacial score (nSPS) is 20.8. The van der Waals surface area contributed by atoms with Crippen molar-refractivity contribution >= 4 is 33.5 Å². The Kier molecular flexibility index (Phi) is 3.71. The second kappa shape index (κ2) is 5.03. The first-order chi connectivity index (χ1) is 9.33. The van der Waals surface area contributed by atoms with Crippen molar-refractivity contribution in [3.05, 3.63) is 40.4 Å². The monoisotopic (exact) mass is 339 g/mol. The molecule has 2 rings (SSSR count). The molecule has 0 saturated carbocycles. The van der Waals surface area contributed by atoms with Gasteiger partial charge >= 0.3 is 5.97 Å². The molecule has 5 nitrogen and oxygen atoms in total. The Morgan fingerprint density at radius 1 is 1.55 bits per heavy atom. The van der Waals surface area contributed by atoms with Crippen LogP contribution in [0.15, 0.2) is 34.8 Å². The summed E-state index contributed by atoms with van der Waals surface area (Å²) in [5.41, 5.74) is -1.52. The highest BCUT2D eigenvalue weighted by molar-refractivity contribution is 9.10. The molecule has 1 heterocycles. The maximum Gasteiger partial charge on any atom is 0.337 e. The summed E-state index contributed by atoms with van der Waals surface area (Å²) in [4.78, 5) is 25.5. The zero-order chi connectivity index (χ0) is 15.1. The van der Waals surface area contributed by atoms with Gasteiger partial charge in [-0.05, 0) is 25.1 Å². The lowest BCUT2D eigenvalue weighted by molar-refractivity contribution is -0.145. The molecule has 0 bridgehead atoms. The number of hydrogen-bond acceptors (Lipinski definition) is 4. The number of esters is 1. The highest BCUT2D eigenvalue weighted by Gasteiger charge is 2.53. The average Bonchev–Trinajstić information content (AvgIpc) is 2.61. The third-order valence-electron chi connectivity index (χ3n) is 3.28. The van der Waals surface area contributed by atoms with Crippen LogP contribution in [0, 0.1) is 0 Å². The molecule has 0 aliphatic carbocycles. The molecule has 1 atom stereocenters. The van der Waals surface area contributed by atoms with E-state index < -0.39 is 17.5 Å². The predicted molar refractivity (Wildman–Crippen MR) is 77.2 cm³/mol. The second-order valence-electron chi connectivity index (χ2n) is 4.44. The summed E-state index contributed by atoms with van der Waals surface area (Å²) in [7, 11) is 1.53. The van der Waals surface area contributed by atoms with Gasteiger partial charge in [-0.15, -0.1) is 0 Å². The van der Waals surface area contributed by atoms with E-state index in [0.717, 1.165) is 0 Å². The van der Waals surface area contributed by atoms with Crippen molar-refractivity contribution in [2.75, 3.05) is 18.6 Å². The largest absolute Gasteiger partial charge is 0.463 e. The zero-order valence-electron chi connectivity index (χ0n) is 11.1. The third-order valence-corrected chi connectivity index (χ3v) is 3.78. The smallest absolute Gasteiger partial charge is 0.337 e. The zero-order valence-corrected chi connectivity index (χ0v) is 12.7. The summed E-state index contributed by atoms with van der Waals surface area (Å²) in [5.74, 6) is -1.41. The number of halogens is 1. The van der Waals surface area contributed by atoms with Gasteiger partial charge in [0.05, 0.1) is 17.9 Å². The summed E-state index contributed by atoms with van der Waals surface area (Å²) < 4.78 is 5.52. The van der Waals surface area contributed by atoms with Crippen LogP contribution in [0.2, 0.25) is 0 Å². The predicted octanol–water partition coefficient (Wildman–Crippen LogP) is 1.73. The molecule has 0 aromatic heterocycles. The molecule has 0 saturated heterocycles. The van der Waals surface area contributed by atoms with Crippen LogP contribution in [0.3, 0.4) is 0 Å². The van der Waals surface area contributed by atoms with E-state index >= 15 is 0 Å².